The van der Waals surface area contributed by atoms with Gasteiger partial charge in [-0.3, -0.25) is 0 Å². The van der Waals surface area contributed by atoms with E-state index in [9.17, 15) is 9.90 Å². The number of carbonyl (C=O) groups excluding carboxylic acids is 1. The molecule has 1 rings (SSSR count). The average Bonchev–Trinajstić information content (AvgIpc) is 2.29. The van der Waals surface area contributed by atoms with Crippen LogP contribution in [-0.4, -0.2) is 27.6 Å². The molecule has 0 fully saturated rings. The highest BCUT2D eigenvalue weighted by Crippen LogP contribution is 2.25. The summed E-state index contributed by atoms with van der Waals surface area (Å²) in [6, 6.07) is 4.21. The molecule has 5 heteroatoms. The summed E-state index contributed by atoms with van der Waals surface area (Å²) in [5.41, 5.74) is 0.639. The van der Waals surface area contributed by atoms with Crippen LogP contribution >= 0.6 is 0 Å². The second-order valence-electron chi connectivity index (χ2n) is 3.61. The number of phenolic OH excluding ortho intramolecular Hbond substituents is 2. The van der Waals surface area contributed by atoms with Gasteiger partial charge in [0.2, 0.25) is 0 Å². The molecule has 0 saturated heterocycles. The fourth-order valence-electron chi connectivity index (χ4n) is 1.14. The molecule has 96 valence electrons. The first kappa shape index (κ1) is 13.8. The number of hydrogen-bond donors (Lipinski definition) is 3. The Labute approximate surface area is 104 Å². The van der Waals surface area contributed by atoms with Gasteiger partial charge in [-0.15, -0.1) is 0 Å². The minimum Gasteiger partial charge on any atom is -0.504 e. The van der Waals surface area contributed by atoms with Gasteiger partial charge in [-0.05, 0) is 30.7 Å². The zero-order valence-corrected chi connectivity index (χ0v) is 9.83. The van der Waals surface area contributed by atoms with Crippen LogP contribution in [-0.2, 0) is 9.53 Å². The van der Waals surface area contributed by atoms with E-state index in [0.717, 1.165) is 0 Å². The Morgan fingerprint density at radius 3 is 2.61 bits per heavy atom. The summed E-state index contributed by atoms with van der Waals surface area (Å²) < 4.78 is 4.52. The molecule has 5 nitrogen and oxygen atoms in total. The summed E-state index contributed by atoms with van der Waals surface area (Å²) in [7, 11) is 0. The summed E-state index contributed by atoms with van der Waals surface area (Å²) in [5.74, 6) is -1.21. The van der Waals surface area contributed by atoms with Crippen LogP contribution in [0.1, 0.15) is 12.5 Å². The van der Waals surface area contributed by atoms with Gasteiger partial charge in [0.1, 0.15) is 0 Å². The molecule has 0 bridgehead atoms. The zero-order chi connectivity index (χ0) is 13.7. The summed E-state index contributed by atoms with van der Waals surface area (Å²) in [6.07, 6.45) is 1.71. The predicted octanol–water partition coefficient (Wildman–Crippen LogP) is 1.55. The lowest BCUT2D eigenvalue weighted by atomic mass is 10.1. The van der Waals surface area contributed by atoms with Crippen molar-refractivity contribution in [2.75, 3.05) is 0 Å². The van der Waals surface area contributed by atoms with Crippen molar-refractivity contribution in [3.8, 4) is 11.5 Å². The van der Waals surface area contributed by atoms with Gasteiger partial charge in [0.25, 0.3) is 0 Å². The quantitative estimate of drug-likeness (QED) is 0.248. The highest BCUT2D eigenvalue weighted by atomic mass is 16.6. The van der Waals surface area contributed by atoms with Crippen LogP contribution in [0.15, 0.2) is 36.4 Å². The SMILES string of the molecule is C=C(/C=C/c1ccc(O)c(O)c1)C(=O)OC(C)O. The van der Waals surface area contributed by atoms with E-state index < -0.39 is 12.3 Å². The van der Waals surface area contributed by atoms with Crippen molar-refractivity contribution in [3.63, 3.8) is 0 Å². The minimum atomic E-state index is -1.19. The first-order valence-corrected chi connectivity index (χ1v) is 5.18. The first-order chi connectivity index (χ1) is 8.40. The highest BCUT2D eigenvalue weighted by molar-refractivity contribution is 5.92. The van der Waals surface area contributed by atoms with Gasteiger partial charge in [0, 0.05) is 0 Å². The fraction of sp³-hybridized carbons (Fsp3) is 0.154. The molecule has 0 heterocycles. The Hall–Kier alpha value is -2.27. The van der Waals surface area contributed by atoms with Gasteiger partial charge in [0.05, 0.1) is 5.57 Å². The molecule has 0 amide bonds. The van der Waals surface area contributed by atoms with Crippen LogP contribution in [0.4, 0.5) is 0 Å². The standard InChI is InChI=1S/C13H14O5/c1-8(13(17)18-9(2)14)3-4-10-5-6-11(15)12(16)7-10/h3-7,9,14-16H,1H2,2H3/b4-3+. The molecule has 0 aliphatic carbocycles. The van der Waals surface area contributed by atoms with Gasteiger partial charge in [-0.25, -0.2) is 4.79 Å². The van der Waals surface area contributed by atoms with E-state index >= 15 is 0 Å². The fourth-order valence-corrected chi connectivity index (χ4v) is 1.14. The van der Waals surface area contributed by atoms with E-state index in [0.29, 0.717) is 5.56 Å². The summed E-state index contributed by atoms with van der Waals surface area (Å²) in [6.45, 7) is 4.79. The number of benzene rings is 1. The predicted molar refractivity (Wildman–Crippen MR) is 65.7 cm³/mol. The number of aliphatic hydroxyl groups excluding tert-OH is 1. The molecule has 1 unspecified atom stereocenters. The lowest BCUT2D eigenvalue weighted by Crippen LogP contribution is -2.14. The number of ether oxygens (including phenoxy) is 1. The number of phenols is 2. The molecule has 1 aromatic carbocycles. The molecule has 3 N–H and O–H groups in total. The lowest BCUT2D eigenvalue weighted by molar-refractivity contribution is -0.159. The normalized spacial score (nSPS) is 12.3. The van der Waals surface area contributed by atoms with Crippen molar-refractivity contribution in [2.24, 2.45) is 0 Å². The Kier molecular flexibility index (Phi) is 4.51. The van der Waals surface area contributed by atoms with Crippen LogP contribution in [0, 0.1) is 0 Å². The first-order valence-electron chi connectivity index (χ1n) is 5.18. The summed E-state index contributed by atoms with van der Waals surface area (Å²) in [5, 5.41) is 27.2. The van der Waals surface area contributed by atoms with Gasteiger partial charge < -0.3 is 20.1 Å². The van der Waals surface area contributed by atoms with Crippen LogP contribution < -0.4 is 0 Å². The van der Waals surface area contributed by atoms with Crippen LogP contribution in [0.3, 0.4) is 0 Å². The minimum absolute atomic E-state index is 0.0588. The molecular formula is C13H14O5. The topological polar surface area (TPSA) is 87.0 Å². The third-order valence-corrected chi connectivity index (χ3v) is 2.02. The maximum atomic E-state index is 11.3. The Morgan fingerprint density at radius 1 is 1.39 bits per heavy atom. The van der Waals surface area contributed by atoms with E-state index in [2.05, 4.69) is 11.3 Å². The smallest absolute Gasteiger partial charge is 0.339 e. The maximum Gasteiger partial charge on any atom is 0.339 e. The van der Waals surface area contributed by atoms with Crippen molar-refractivity contribution in [1.82, 2.24) is 0 Å². The van der Waals surface area contributed by atoms with E-state index in [4.69, 9.17) is 10.2 Å². The molecule has 1 aromatic rings. The van der Waals surface area contributed by atoms with Crippen LogP contribution in [0.5, 0.6) is 11.5 Å². The van der Waals surface area contributed by atoms with E-state index in [-0.39, 0.29) is 17.1 Å². The zero-order valence-electron chi connectivity index (χ0n) is 9.83. The third kappa shape index (κ3) is 3.95. The Morgan fingerprint density at radius 2 is 2.06 bits per heavy atom. The number of aliphatic hydroxyl groups is 1. The highest BCUT2D eigenvalue weighted by Gasteiger charge is 2.08. The summed E-state index contributed by atoms with van der Waals surface area (Å²) in [4.78, 5) is 11.3. The number of aromatic hydroxyl groups is 2. The second kappa shape index (κ2) is 5.88. The molecule has 1 atom stereocenters. The summed E-state index contributed by atoms with van der Waals surface area (Å²) >= 11 is 0. The Bertz CT molecular complexity index is 488. The van der Waals surface area contributed by atoms with Gasteiger partial charge >= 0.3 is 5.97 Å². The Balaban J connectivity index is 2.71. The maximum absolute atomic E-state index is 11.3. The molecular weight excluding hydrogens is 236 g/mol. The van der Waals surface area contributed by atoms with Crippen molar-refractivity contribution < 1.29 is 24.9 Å². The molecule has 0 saturated carbocycles. The number of esters is 1. The van der Waals surface area contributed by atoms with Gasteiger partial charge in [-0.1, -0.05) is 18.7 Å². The number of carbonyl (C=O) groups is 1. The molecule has 0 radical (unpaired) electrons. The van der Waals surface area contributed by atoms with Crippen LogP contribution in [0.25, 0.3) is 6.08 Å². The largest absolute Gasteiger partial charge is 0.504 e. The second-order valence-corrected chi connectivity index (χ2v) is 3.61. The van der Waals surface area contributed by atoms with Crippen LogP contribution in [0.2, 0.25) is 0 Å². The van der Waals surface area contributed by atoms with E-state index in [1.54, 1.807) is 6.07 Å². The van der Waals surface area contributed by atoms with Gasteiger partial charge in [-0.2, -0.15) is 0 Å². The van der Waals surface area contributed by atoms with E-state index in [1.165, 1.54) is 31.2 Å². The third-order valence-electron chi connectivity index (χ3n) is 2.02. The molecule has 0 spiro atoms. The molecule has 0 aliphatic rings. The van der Waals surface area contributed by atoms with Crippen molar-refractivity contribution in [3.05, 3.63) is 42.0 Å². The molecule has 0 aliphatic heterocycles. The molecule has 18 heavy (non-hydrogen) atoms. The number of rotatable bonds is 4. The lowest BCUT2D eigenvalue weighted by Gasteiger charge is -2.06. The van der Waals surface area contributed by atoms with Gasteiger partial charge in [0.15, 0.2) is 17.8 Å². The number of hydrogen-bond acceptors (Lipinski definition) is 5. The van der Waals surface area contributed by atoms with Crippen molar-refractivity contribution in [2.45, 2.75) is 13.2 Å². The van der Waals surface area contributed by atoms with Crippen molar-refractivity contribution in [1.29, 1.82) is 0 Å². The molecule has 0 aromatic heterocycles. The van der Waals surface area contributed by atoms with E-state index in [1.807, 2.05) is 0 Å². The average molecular weight is 250 g/mol. The van der Waals surface area contributed by atoms with Crippen molar-refractivity contribution >= 4 is 12.0 Å². The monoisotopic (exact) mass is 250 g/mol.